The van der Waals surface area contributed by atoms with Crippen molar-refractivity contribution in [1.82, 2.24) is 15.5 Å². The zero-order valence-electron chi connectivity index (χ0n) is 14.1. The number of carbonyl (C=O) groups is 1. The molecule has 0 spiro atoms. The summed E-state index contributed by atoms with van der Waals surface area (Å²) in [5.74, 6) is 2.03. The molecule has 1 aliphatic carbocycles. The Hall–Kier alpha value is -1.31. The molecule has 0 bridgehead atoms. The van der Waals surface area contributed by atoms with E-state index in [-0.39, 0.29) is 36.4 Å². The van der Waals surface area contributed by atoms with Crippen molar-refractivity contribution in [1.29, 1.82) is 0 Å². The third kappa shape index (κ3) is 6.37. The van der Waals surface area contributed by atoms with Crippen LogP contribution in [0, 0.1) is 5.92 Å². The number of hydrogen-bond acceptors (Lipinski definition) is 2. The maximum atomic E-state index is 11.6. The van der Waals surface area contributed by atoms with Crippen LogP contribution in [0.4, 0.5) is 0 Å². The van der Waals surface area contributed by atoms with Crippen LogP contribution in [0.2, 0.25) is 0 Å². The zero-order valence-corrected chi connectivity index (χ0v) is 16.4. The zero-order chi connectivity index (χ0) is 15.9. The highest BCUT2D eigenvalue weighted by molar-refractivity contribution is 14.0. The standard InChI is InChI=1S/C17H26N4O.HI/c1-4-18-17(20-12-16(22)21(2)3)19-11-14-10-15(14)13-8-6-5-7-9-13;/h5-9,14-15H,4,10-12H2,1-3H3,(H2,18,19,20);1H. The Labute approximate surface area is 156 Å². The maximum Gasteiger partial charge on any atom is 0.243 e. The summed E-state index contributed by atoms with van der Waals surface area (Å²) in [6.07, 6.45) is 1.22. The number of aliphatic imine (C=N–C) groups is 1. The second-order valence-electron chi connectivity index (χ2n) is 5.88. The topological polar surface area (TPSA) is 56.7 Å². The van der Waals surface area contributed by atoms with E-state index >= 15 is 0 Å². The lowest BCUT2D eigenvalue weighted by atomic mass is 10.1. The lowest BCUT2D eigenvalue weighted by Gasteiger charge is -2.12. The van der Waals surface area contributed by atoms with Gasteiger partial charge in [0.25, 0.3) is 0 Å². The van der Waals surface area contributed by atoms with Gasteiger partial charge in [-0.2, -0.15) is 0 Å². The van der Waals surface area contributed by atoms with Gasteiger partial charge in [-0.15, -0.1) is 24.0 Å². The Morgan fingerprint density at radius 1 is 1.26 bits per heavy atom. The number of rotatable bonds is 6. The summed E-state index contributed by atoms with van der Waals surface area (Å²) >= 11 is 0. The minimum absolute atomic E-state index is 0. The van der Waals surface area contributed by atoms with Crippen molar-refractivity contribution in [3.8, 4) is 0 Å². The summed E-state index contributed by atoms with van der Waals surface area (Å²) in [6, 6.07) is 10.6. The minimum Gasteiger partial charge on any atom is -0.357 e. The quantitative estimate of drug-likeness (QED) is 0.413. The van der Waals surface area contributed by atoms with Gasteiger partial charge >= 0.3 is 0 Å². The first-order valence-electron chi connectivity index (χ1n) is 7.89. The van der Waals surface area contributed by atoms with E-state index in [1.54, 1.807) is 19.0 Å². The first-order valence-corrected chi connectivity index (χ1v) is 7.89. The number of guanidine groups is 1. The summed E-state index contributed by atoms with van der Waals surface area (Å²) in [4.78, 5) is 17.5. The van der Waals surface area contributed by atoms with Gasteiger partial charge in [0, 0.05) is 27.2 Å². The Balaban J connectivity index is 0.00000264. The van der Waals surface area contributed by atoms with Crippen molar-refractivity contribution >= 4 is 35.8 Å². The highest BCUT2D eigenvalue weighted by Crippen LogP contribution is 2.46. The van der Waals surface area contributed by atoms with Gasteiger partial charge in [0.15, 0.2) is 5.96 Å². The number of nitrogens with one attached hydrogen (secondary N) is 2. The van der Waals surface area contributed by atoms with Crippen LogP contribution in [0.5, 0.6) is 0 Å². The molecule has 6 heteroatoms. The summed E-state index contributed by atoms with van der Waals surface area (Å²) in [6.45, 7) is 3.88. The molecule has 5 nitrogen and oxygen atoms in total. The van der Waals surface area contributed by atoms with Crippen molar-refractivity contribution in [2.75, 3.05) is 33.7 Å². The van der Waals surface area contributed by atoms with Crippen LogP contribution in [-0.4, -0.2) is 50.5 Å². The van der Waals surface area contributed by atoms with Crippen molar-refractivity contribution < 1.29 is 4.79 Å². The Morgan fingerprint density at radius 2 is 1.96 bits per heavy atom. The van der Waals surface area contributed by atoms with E-state index in [9.17, 15) is 4.79 Å². The third-order valence-corrected chi connectivity index (χ3v) is 3.90. The SMILES string of the molecule is CCNC(=NCC(=O)N(C)C)NCC1CC1c1ccccc1.I. The van der Waals surface area contributed by atoms with Gasteiger partial charge in [0.2, 0.25) is 5.91 Å². The fraction of sp³-hybridized carbons (Fsp3) is 0.529. The Kier molecular flexibility index (Phi) is 8.36. The molecule has 2 N–H and O–H groups in total. The lowest BCUT2D eigenvalue weighted by Crippen LogP contribution is -2.39. The smallest absolute Gasteiger partial charge is 0.243 e. The number of carbonyl (C=O) groups excluding carboxylic acids is 1. The van der Waals surface area contributed by atoms with Crippen LogP contribution < -0.4 is 10.6 Å². The van der Waals surface area contributed by atoms with Crippen LogP contribution in [0.3, 0.4) is 0 Å². The van der Waals surface area contributed by atoms with Crippen molar-refractivity contribution in [3.05, 3.63) is 35.9 Å². The Morgan fingerprint density at radius 3 is 2.57 bits per heavy atom. The molecular formula is C17H27IN4O. The van der Waals surface area contributed by atoms with Gasteiger partial charge in [0.05, 0.1) is 0 Å². The van der Waals surface area contributed by atoms with E-state index in [0.717, 1.165) is 19.0 Å². The maximum absolute atomic E-state index is 11.6. The molecule has 2 rings (SSSR count). The highest BCUT2D eigenvalue weighted by Gasteiger charge is 2.37. The van der Waals surface area contributed by atoms with E-state index < -0.39 is 0 Å². The second-order valence-corrected chi connectivity index (χ2v) is 5.88. The normalized spacial score (nSPS) is 19.5. The van der Waals surface area contributed by atoms with Gasteiger partial charge in [-0.1, -0.05) is 30.3 Å². The number of likely N-dealkylation sites (N-methyl/N-ethyl adjacent to an activating group) is 1. The number of hydrogen-bond donors (Lipinski definition) is 2. The Bertz CT molecular complexity index is 519. The number of halogens is 1. The molecule has 1 amide bonds. The number of amides is 1. The molecule has 0 aromatic heterocycles. The summed E-state index contributed by atoms with van der Waals surface area (Å²) < 4.78 is 0. The van der Waals surface area contributed by atoms with E-state index in [4.69, 9.17) is 0 Å². The van der Waals surface area contributed by atoms with Crippen LogP contribution in [-0.2, 0) is 4.79 Å². The lowest BCUT2D eigenvalue weighted by molar-refractivity contribution is -0.127. The molecule has 1 aromatic rings. The summed E-state index contributed by atoms with van der Waals surface area (Å²) in [5, 5.41) is 6.53. The average Bonchev–Trinajstić information content (AvgIpc) is 3.30. The fourth-order valence-electron chi connectivity index (χ4n) is 2.44. The van der Waals surface area contributed by atoms with Gasteiger partial charge < -0.3 is 15.5 Å². The predicted octanol–water partition coefficient (Wildman–Crippen LogP) is 2.05. The molecule has 0 radical (unpaired) electrons. The fourth-order valence-corrected chi connectivity index (χ4v) is 2.44. The van der Waals surface area contributed by atoms with Crippen LogP contribution in [0.1, 0.15) is 24.8 Å². The first kappa shape index (κ1) is 19.7. The molecule has 2 unspecified atom stereocenters. The molecule has 1 aromatic carbocycles. The monoisotopic (exact) mass is 430 g/mol. The molecule has 1 saturated carbocycles. The molecule has 2 atom stereocenters. The van der Waals surface area contributed by atoms with Crippen LogP contribution in [0.25, 0.3) is 0 Å². The summed E-state index contributed by atoms with van der Waals surface area (Å²) in [7, 11) is 3.49. The molecule has 1 fully saturated rings. The predicted molar refractivity (Wildman–Crippen MR) is 105 cm³/mol. The minimum atomic E-state index is 0. The highest BCUT2D eigenvalue weighted by atomic mass is 127. The van der Waals surface area contributed by atoms with Gasteiger partial charge in [-0.05, 0) is 30.7 Å². The van der Waals surface area contributed by atoms with Gasteiger partial charge in [-0.25, -0.2) is 4.99 Å². The molecule has 0 saturated heterocycles. The van der Waals surface area contributed by atoms with Gasteiger partial charge in [0.1, 0.15) is 6.54 Å². The molecule has 23 heavy (non-hydrogen) atoms. The largest absolute Gasteiger partial charge is 0.357 e. The average molecular weight is 430 g/mol. The van der Waals surface area contributed by atoms with E-state index in [0.29, 0.717) is 11.8 Å². The third-order valence-electron chi connectivity index (χ3n) is 3.90. The van der Waals surface area contributed by atoms with E-state index in [1.807, 2.05) is 6.92 Å². The van der Waals surface area contributed by atoms with Crippen LogP contribution >= 0.6 is 24.0 Å². The van der Waals surface area contributed by atoms with E-state index in [1.165, 1.54) is 12.0 Å². The number of nitrogens with zero attached hydrogens (tertiary/aromatic N) is 2. The van der Waals surface area contributed by atoms with Crippen molar-refractivity contribution in [2.45, 2.75) is 19.3 Å². The molecule has 128 valence electrons. The van der Waals surface area contributed by atoms with Crippen molar-refractivity contribution in [3.63, 3.8) is 0 Å². The molecule has 0 heterocycles. The van der Waals surface area contributed by atoms with Crippen molar-refractivity contribution in [2.24, 2.45) is 10.9 Å². The summed E-state index contributed by atoms with van der Waals surface area (Å²) in [5.41, 5.74) is 1.42. The van der Waals surface area contributed by atoms with E-state index in [2.05, 4.69) is 46.0 Å². The molecular weight excluding hydrogens is 403 g/mol. The first-order chi connectivity index (χ1) is 10.6. The molecule has 0 aliphatic heterocycles. The number of benzene rings is 1. The van der Waals surface area contributed by atoms with Gasteiger partial charge in [-0.3, -0.25) is 4.79 Å². The van der Waals surface area contributed by atoms with Crippen LogP contribution in [0.15, 0.2) is 35.3 Å². The second kappa shape index (κ2) is 9.75. The molecule has 1 aliphatic rings.